The number of hydrogen-bond donors (Lipinski definition) is 2. The second-order valence-corrected chi connectivity index (χ2v) is 7.37. The lowest BCUT2D eigenvalue weighted by atomic mass is 10.0. The van der Waals surface area contributed by atoms with E-state index in [9.17, 15) is 24.6 Å². The number of carbonyl (C=O) groups excluding carboxylic acids is 1. The number of amides is 1. The molecule has 6 heteroatoms. The topological polar surface area (TPSA) is 94.9 Å². The Balaban J connectivity index is 1.86. The molecule has 0 radical (unpaired) electrons. The molecule has 0 spiro atoms. The summed E-state index contributed by atoms with van der Waals surface area (Å²) in [5, 5.41) is 21.0. The maximum Gasteiger partial charge on any atom is 0.326 e. The molecule has 162 valence electrons. The van der Waals surface area contributed by atoms with Crippen LogP contribution in [0.4, 0.5) is 0 Å². The predicted octanol–water partition coefficient (Wildman–Crippen LogP) is 3.36. The Morgan fingerprint density at radius 2 is 1.56 bits per heavy atom. The smallest absolute Gasteiger partial charge is 0.326 e. The molecule has 1 unspecified atom stereocenters. The van der Waals surface area contributed by atoms with E-state index in [1.54, 1.807) is 18.2 Å². The molecule has 0 aromatic heterocycles. The van der Waals surface area contributed by atoms with Crippen LogP contribution in [0.2, 0.25) is 0 Å². The fraction of sp³-hybridized carbons (Fsp3) is 0.192. The highest BCUT2D eigenvalue weighted by Crippen LogP contribution is 2.15. The zero-order valence-corrected chi connectivity index (χ0v) is 17.6. The maximum atomic E-state index is 12.8. The molecular weight excluding hydrogens is 406 g/mol. The van der Waals surface area contributed by atoms with E-state index in [1.807, 2.05) is 55.5 Å². The van der Waals surface area contributed by atoms with Gasteiger partial charge >= 0.3 is 11.9 Å². The summed E-state index contributed by atoms with van der Waals surface area (Å²) in [6.45, 7) is 1.26. The van der Waals surface area contributed by atoms with Crippen LogP contribution in [-0.4, -0.2) is 45.5 Å². The van der Waals surface area contributed by atoms with Crippen molar-refractivity contribution in [3.63, 3.8) is 0 Å². The van der Waals surface area contributed by atoms with Crippen molar-refractivity contribution in [3.8, 4) is 11.8 Å². The number of aryl methyl sites for hydroxylation is 1. The molecule has 6 nitrogen and oxygen atoms in total. The molecule has 3 aromatic carbocycles. The first kappa shape index (κ1) is 22.6. The SMILES string of the molecule is CCc1ccc(CC(C(=O)O)N(CC(=O)O)C(=O)C#Cc2ccc3ccccc3c2)cc1. The van der Waals surface area contributed by atoms with Crippen LogP contribution in [0.25, 0.3) is 10.8 Å². The second kappa shape index (κ2) is 10.3. The Labute approximate surface area is 186 Å². The molecule has 0 saturated heterocycles. The predicted molar refractivity (Wildman–Crippen MR) is 121 cm³/mol. The molecule has 3 rings (SSSR count). The number of fused-ring (bicyclic) bond motifs is 1. The fourth-order valence-corrected chi connectivity index (χ4v) is 3.40. The summed E-state index contributed by atoms with van der Waals surface area (Å²) in [4.78, 5) is 36.9. The van der Waals surface area contributed by atoms with E-state index >= 15 is 0 Å². The van der Waals surface area contributed by atoms with Crippen molar-refractivity contribution in [2.75, 3.05) is 6.54 Å². The number of rotatable bonds is 7. The molecule has 0 bridgehead atoms. The zero-order chi connectivity index (χ0) is 23.1. The fourth-order valence-electron chi connectivity index (χ4n) is 3.40. The maximum absolute atomic E-state index is 12.8. The molecular formula is C26H23NO5. The standard InChI is InChI=1S/C26H23NO5/c1-2-18-7-9-20(10-8-18)16-23(26(31)32)27(17-25(29)30)24(28)14-12-19-11-13-21-5-3-4-6-22(21)15-19/h3-11,13,15,23H,2,16-17H2,1H3,(H,29,30)(H,31,32). The number of hydrogen-bond acceptors (Lipinski definition) is 3. The first-order chi connectivity index (χ1) is 15.4. The number of carboxylic acids is 2. The quantitative estimate of drug-likeness (QED) is 0.562. The molecule has 3 aromatic rings. The van der Waals surface area contributed by atoms with Crippen molar-refractivity contribution >= 4 is 28.6 Å². The summed E-state index contributed by atoms with van der Waals surface area (Å²) in [5.41, 5.74) is 2.37. The average Bonchev–Trinajstić information content (AvgIpc) is 2.79. The van der Waals surface area contributed by atoms with E-state index in [4.69, 9.17) is 0 Å². The van der Waals surface area contributed by atoms with Crippen LogP contribution in [0.5, 0.6) is 0 Å². The minimum absolute atomic E-state index is 0.0179. The van der Waals surface area contributed by atoms with E-state index < -0.39 is 30.4 Å². The minimum atomic E-state index is -1.35. The average molecular weight is 429 g/mol. The van der Waals surface area contributed by atoms with Crippen LogP contribution >= 0.6 is 0 Å². The van der Waals surface area contributed by atoms with Gasteiger partial charge in [0.2, 0.25) is 0 Å². The van der Waals surface area contributed by atoms with Crippen molar-refractivity contribution in [3.05, 3.63) is 83.4 Å². The van der Waals surface area contributed by atoms with Gasteiger partial charge < -0.3 is 15.1 Å². The number of carboxylic acid groups (broad SMARTS) is 2. The molecule has 0 aliphatic carbocycles. The van der Waals surface area contributed by atoms with Crippen LogP contribution in [0, 0.1) is 11.8 Å². The summed E-state index contributed by atoms with van der Waals surface area (Å²) in [5.74, 6) is 1.71. The van der Waals surface area contributed by atoms with Crippen molar-refractivity contribution in [1.82, 2.24) is 4.90 Å². The lowest BCUT2D eigenvalue weighted by molar-refractivity contribution is -0.152. The first-order valence-corrected chi connectivity index (χ1v) is 10.2. The van der Waals surface area contributed by atoms with Crippen LogP contribution in [-0.2, 0) is 27.2 Å². The third-order valence-corrected chi connectivity index (χ3v) is 5.15. The van der Waals surface area contributed by atoms with Crippen LogP contribution in [0.3, 0.4) is 0 Å². The molecule has 32 heavy (non-hydrogen) atoms. The minimum Gasteiger partial charge on any atom is -0.480 e. The Kier molecular flexibility index (Phi) is 7.25. The molecule has 0 heterocycles. The van der Waals surface area contributed by atoms with Crippen molar-refractivity contribution in [2.24, 2.45) is 0 Å². The summed E-state index contributed by atoms with van der Waals surface area (Å²) in [6.07, 6.45) is 0.826. The Morgan fingerprint density at radius 3 is 2.19 bits per heavy atom. The summed E-state index contributed by atoms with van der Waals surface area (Å²) >= 11 is 0. The highest BCUT2D eigenvalue weighted by molar-refractivity contribution is 5.98. The third-order valence-electron chi connectivity index (χ3n) is 5.15. The Morgan fingerprint density at radius 1 is 0.906 bits per heavy atom. The van der Waals surface area contributed by atoms with Gasteiger partial charge in [0.25, 0.3) is 5.91 Å². The van der Waals surface area contributed by atoms with Crippen LogP contribution in [0.15, 0.2) is 66.7 Å². The molecule has 1 atom stereocenters. The van der Waals surface area contributed by atoms with E-state index in [2.05, 4.69) is 11.8 Å². The lowest BCUT2D eigenvalue weighted by Crippen LogP contribution is -2.48. The molecule has 0 saturated carbocycles. The zero-order valence-electron chi connectivity index (χ0n) is 17.6. The molecule has 2 N–H and O–H groups in total. The van der Waals surface area contributed by atoms with Crippen molar-refractivity contribution in [2.45, 2.75) is 25.8 Å². The number of benzene rings is 3. The summed E-state index contributed by atoms with van der Waals surface area (Å²) < 4.78 is 0. The Hall–Kier alpha value is -4.11. The van der Waals surface area contributed by atoms with Gasteiger partial charge in [0.05, 0.1) is 0 Å². The lowest BCUT2D eigenvalue weighted by Gasteiger charge is -2.25. The monoisotopic (exact) mass is 429 g/mol. The largest absolute Gasteiger partial charge is 0.480 e. The van der Waals surface area contributed by atoms with E-state index in [0.29, 0.717) is 11.1 Å². The molecule has 0 aliphatic heterocycles. The number of carbonyl (C=O) groups is 3. The first-order valence-electron chi connectivity index (χ1n) is 10.2. The highest BCUT2D eigenvalue weighted by Gasteiger charge is 2.31. The van der Waals surface area contributed by atoms with Crippen molar-refractivity contribution < 1.29 is 24.6 Å². The van der Waals surface area contributed by atoms with Gasteiger partial charge in [-0.1, -0.05) is 67.4 Å². The normalized spacial score (nSPS) is 11.3. The van der Waals surface area contributed by atoms with Crippen LogP contribution in [0.1, 0.15) is 23.6 Å². The highest BCUT2D eigenvalue weighted by atomic mass is 16.4. The molecule has 1 amide bonds. The second-order valence-electron chi connectivity index (χ2n) is 7.37. The summed E-state index contributed by atoms with van der Waals surface area (Å²) in [6, 6.07) is 19.1. The van der Waals surface area contributed by atoms with Gasteiger partial charge in [-0.25, -0.2) is 4.79 Å². The van der Waals surface area contributed by atoms with E-state index in [1.165, 1.54) is 0 Å². The summed E-state index contributed by atoms with van der Waals surface area (Å²) in [7, 11) is 0. The third kappa shape index (κ3) is 5.73. The molecule has 0 fully saturated rings. The van der Waals surface area contributed by atoms with Gasteiger partial charge in [0.15, 0.2) is 0 Å². The van der Waals surface area contributed by atoms with Gasteiger partial charge in [-0.15, -0.1) is 0 Å². The van der Waals surface area contributed by atoms with Crippen LogP contribution < -0.4 is 0 Å². The van der Waals surface area contributed by atoms with E-state index in [-0.39, 0.29) is 6.42 Å². The number of aliphatic carboxylic acids is 2. The van der Waals surface area contributed by atoms with E-state index in [0.717, 1.165) is 27.7 Å². The van der Waals surface area contributed by atoms with Gasteiger partial charge in [0.1, 0.15) is 12.6 Å². The van der Waals surface area contributed by atoms with Gasteiger partial charge in [0, 0.05) is 17.9 Å². The van der Waals surface area contributed by atoms with Gasteiger partial charge in [-0.2, -0.15) is 0 Å². The Bertz CT molecular complexity index is 1200. The molecule has 0 aliphatic rings. The van der Waals surface area contributed by atoms with Gasteiger partial charge in [-0.3, -0.25) is 9.59 Å². The number of nitrogens with zero attached hydrogens (tertiary/aromatic N) is 1. The van der Waals surface area contributed by atoms with Gasteiger partial charge in [-0.05, 0) is 40.5 Å². The van der Waals surface area contributed by atoms with Crippen molar-refractivity contribution in [1.29, 1.82) is 0 Å².